The Kier molecular flexibility index (Phi) is 4.42. The standard InChI is InChI=1S/C16H13N4OS3/c1-21-13-8-7-12-10-24(20-15(12)17-13)23-16-19-18-14(22-16)9-11-5-3-2-4-6-11/h2-8,10H,9H2,1H3/q+1. The molecule has 0 bridgehead atoms. The van der Waals surface area contributed by atoms with Crippen LogP contribution in [0.25, 0.3) is 11.0 Å². The molecule has 3 aromatic heterocycles. The van der Waals surface area contributed by atoms with Crippen molar-refractivity contribution in [1.29, 1.82) is 0 Å². The summed E-state index contributed by atoms with van der Waals surface area (Å²) < 4.78 is 10.7. The van der Waals surface area contributed by atoms with Crippen LogP contribution in [-0.2, 0) is 6.42 Å². The highest BCUT2D eigenvalue weighted by atomic mass is 33.1. The van der Waals surface area contributed by atoms with E-state index in [0.29, 0.717) is 5.88 Å². The molecule has 0 radical (unpaired) electrons. The zero-order chi connectivity index (χ0) is 16.4. The van der Waals surface area contributed by atoms with Crippen LogP contribution in [-0.4, -0.2) is 26.7 Å². The van der Waals surface area contributed by atoms with Crippen LogP contribution in [0.1, 0.15) is 10.6 Å². The maximum Gasteiger partial charge on any atom is 0.233 e. The van der Waals surface area contributed by atoms with Gasteiger partial charge in [-0.2, -0.15) is 4.98 Å². The maximum absolute atomic E-state index is 5.14. The molecule has 1 atom stereocenters. The fourth-order valence-electron chi connectivity index (χ4n) is 2.17. The largest absolute Gasteiger partial charge is 0.481 e. The molecule has 0 saturated heterocycles. The number of fused-ring (bicyclic) bond motifs is 1. The molecule has 0 spiro atoms. The topological polar surface area (TPSA) is 60.8 Å². The smallest absolute Gasteiger partial charge is 0.233 e. The summed E-state index contributed by atoms with van der Waals surface area (Å²) in [4.78, 5) is 4.37. The molecular formula is C16H13N4OS3+. The van der Waals surface area contributed by atoms with Crippen molar-refractivity contribution in [3.05, 3.63) is 58.4 Å². The monoisotopic (exact) mass is 373 g/mol. The van der Waals surface area contributed by atoms with Crippen LogP contribution in [0, 0.1) is 0 Å². The van der Waals surface area contributed by atoms with Gasteiger partial charge in [-0.3, -0.25) is 0 Å². The molecule has 0 amide bonds. The molecule has 0 aliphatic carbocycles. The van der Waals surface area contributed by atoms with E-state index in [0.717, 1.165) is 26.8 Å². The van der Waals surface area contributed by atoms with Gasteiger partial charge in [-0.05, 0) is 16.0 Å². The van der Waals surface area contributed by atoms with Gasteiger partial charge in [-0.25, -0.2) is 0 Å². The van der Waals surface area contributed by atoms with Crippen molar-refractivity contribution in [2.45, 2.75) is 10.8 Å². The molecule has 3 heterocycles. The minimum atomic E-state index is -0.312. The minimum Gasteiger partial charge on any atom is -0.481 e. The molecule has 5 nitrogen and oxygen atoms in total. The number of hydrogen-bond acceptors (Lipinski definition) is 7. The van der Waals surface area contributed by atoms with E-state index in [1.54, 1.807) is 29.2 Å². The van der Waals surface area contributed by atoms with Gasteiger partial charge in [0.1, 0.15) is 5.01 Å². The average Bonchev–Trinajstić information content (AvgIpc) is 3.21. The SMILES string of the molecule is COc1ccc2c[s+](Sc3nnc(Cc4ccccc4)s3)nc2n1. The van der Waals surface area contributed by atoms with Crippen molar-refractivity contribution >= 4 is 42.9 Å². The third-order valence-electron chi connectivity index (χ3n) is 3.30. The fourth-order valence-corrected chi connectivity index (χ4v) is 6.53. The van der Waals surface area contributed by atoms with Gasteiger partial charge in [0, 0.05) is 12.5 Å². The molecule has 4 rings (SSSR count). The van der Waals surface area contributed by atoms with Crippen molar-refractivity contribution in [3.8, 4) is 5.88 Å². The molecule has 0 saturated carbocycles. The number of ether oxygens (including phenoxy) is 1. The third-order valence-corrected chi connectivity index (χ3v) is 7.53. The lowest BCUT2D eigenvalue weighted by Crippen LogP contribution is -1.86. The summed E-state index contributed by atoms with van der Waals surface area (Å²) in [6, 6.07) is 14.1. The summed E-state index contributed by atoms with van der Waals surface area (Å²) >= 11 is 1.62. The van der Waals surface area contributed by atoms with Gasteiger partial charge in [0.05, 0.1) is 12.5 Å². The zero-order valence-corrected chi connectivity index (χ0v) is 15.2. The lowest BCUT2D eigenvalue weighted by molar-refractivity contribution is 0.399. The van der Waals surface area contributed by atoms with Crippen LogP contribution >= 0.6 is 31.8 Å². The molecule has 4 aromatic rings. The molecule has 120 valence electrons. The highest BCUT2D eigenvalue weighted by molar-refractivity contribution is 8.45. The molecule has 0 N–H and O–H groups in total. The molecule has 24 heavy (non-hydrogen) atoms. The summed E-state index contributed by atoms with van der Waals surface area (Å²) in [7, 11) is 2.92. The Hall–Kier alpha value is -2.03. The number of pyridine rings is 1. The van der Waals surface area contributed by atoms with E-state index in [4.69, 9.17) is 4.74 Å². The van der Waals surface area contributed by atoms with E-state index < -0.39 is 0 Å². The lowest BCUT2D eigenvalue weighted by atomic mass is 10.2. The Morgan fingerprint density at radius 1 is 1.12 bits per heavy atom. The summed E-state index contributed by atoms with van der Waals surface area (Å²) in [5.41, 5.74) is 1.98. The number of hydrogen-bond donors (Lipinski definition) is 0. The minimum absolute atomic E-state index is 0.312. The number of nitrogens with zero attached hydrogens (tertiary/aromatic N) is 4. The van der Waals surface area contributed by atoms with Crippen molar-refractivity contribution in [2.75, 3.05) is 7.11 Å². The van der Waals surface area contributed by atoms with Gasteiger partial charge >= 0.3 is 0 Å². The maximum atomic E-state index is 5.14. The van der Waals surface area contributed by atoms with Crippen LogP contribution < -0.4 is 4.74 Å². The highest BCUT2D eigenvalue weighted by Crippen LogP contribution is 2.40. The first kappa shape index (κ1) is 15.5. The summed E-state index contributed by atoms with van der Waals surface area (Å²) in [5, 5.41) is 12.8. The van der Waals surface area contributed by atoms with Crippen molar-refractivity contribution < 1.29 is 4.74 Å². The molecule has 0 fully saturated rings. The van der Waals surface area contributed by atoms with Gasteiger partial charge in [0.25, 0.3) is 0 Å². The predicted molar refractivity (Wildman–Crippen MR) is 99.0 cm³/mol. The number of aromatic nitrogens is 4. The third kappa shape index (κ3) is 3.40. The van der Waals surface area contributed by atoms with E-state index in [2.05, 4.69) is 37.1 Å². The van der Waals surface area contributed by atoms with E-state index in [1.165, 1.54) is 5.56 Å². The number of benzene rings is 1. The Morgan fingerprint density at radius 2 is 2.00 bits per heavy atom. The summed E-state index contributed by atoms with van der Waals surface area (Å²) in [6.07, 6.45) is 0.812. The lowest BCUT2D eigenvalue weighted by Gasteiger charge is -1.94. The van der Waals surface area contributed by atoms with Crippen molar-refractivity contribution in [2.24, 2.45) is 0 Å². The van der Waals surface area contributed by atoms with Crippen LogP contribution in [0.4, 0.5) is 0 Å². The normalized spacial score (nSPS) is 11.8. The van der Waals surface area contributed by atoms with E-state index in [-0.39, 0.29) is 9.70 Å². The first-order valence-electron chi connectivity index (χ1n) is 7.19. The molecule has 8 heteroatoms. The van der Waals surface area contributed by atoms with E-state index >= 15 is 0 Å². The Balaban J connectivity index is 1.51. The van der Waals surface area contributed by atoms with Crippen molar-refractivity contribution in [3.63, 3.8) is 0 Å². The van der Waals surface area contributed by atoms with Crippen molar-refractivity contribution in [1.82, 2.24) is 19.6 Å². The van der Waals surface area contributed by atoms with Crippen LogP contribution in [0.2, 0.25) is 0 Å². The van der Waals surface area contributed by atoms with Gasteiger partial charge < -0.3 is 4.74 Å². The first-order chi connectivity index (χ1) is 11.8. The van der Waals surface area contributed by atoms with Gasteiger partial charge in [0.2, 0.25) is 26.7 Å². The second-order valence-corrected chi connectivity index (χ2v) is 9.33. The number of rotatable bonds is 5. The summed E-state index contributed by atoms with van der Waals surface area (Å²) in [5.74, 6) is 0.586. The molecule has 0 aliphatic rings. The Bertz CT molecular complexity index is 968. The Morgan fingerprint density at radius 3 is 2.83 bits per heavy atom. The van der Waals surface area contributed by atoms with Crippen LogP contribution in [0.3, 0.4) is 0 Å². The van der Waals surface area contributed by atoms with Gasteiger partial charge in [-0.15, -0.1) is 10.2 Å². The fraction of sp³-hybridized carbons (Fsp3) is 0.125. The zero-order valence-electron chi connectivity index (χ0n) is 12.7. The molecule has 0 aliphatic heterocycles. The van der Waals surface area contributed by atoms with Gasteiger partial charge in [0.15, 0.2) is 15.1 Å². The van der Waals surface area contributed by atoms with Crippen LogP contribution in [0.15, 0.2) is 52.2 Å². The summed E-state index contributed by atoms with van der Waals surface area (Å²) in [6.45, 7) is 0. The van der Waals surface area contributed by atoms with E-state index in [1.807, 2.05) is 30.3 Å². The molecule has 1 unspecified atom stereocenters. The average molecular weight is 374 g/mol. The quantitative estimate of drug-likeness (QED) is 0.382. The first-order valence-corrected chi connectivity index (χ1v) is 10.6. The Labute approximate surface area is 149 Å². The predicted octanol–water partition coefficient (Wildman–Crippen LogP) is 4.39. The van der Waals surface area contributed by atoms with Crippen LogP contribution in [0.5, 0.6) is 5.88 Å². The number of methoxy groups -OCH3 is 1. The molecule has 1 aromatic carbocycles. The second kappa shape index (κ2) is 6.84. The molecular weight excluding hydrogens is 360 g/mol. The van der Waals surface area contributed by atoms with E-state index in [9.17, 15) is 0 Å². The highest BCUT2D eigenvalue weighted by Gasteiger charge is 2.19. The van der Waals surface area contributed by atoms with Gasteiger partial charge in [-0.1, -0.05) is 41.7 Å². The second-order valence-electron chi connectivity index (χ2n) is 4.96.